The fraction of sp³-hybridized carbons (Fsp3) is 0.333. The highest BCUT2D eigenvalue weighted by Gasteiger charge is 2.14. The highest BCUT2D eigenvalue weighted by Crippen LogP contribution is 2.29. The van der Waals surface area contributed by atoms with E-state index in [9.17, 15) is 5.11 Å². The Balaban J connectivity index is 1.88. The minimum atomic E-state index is 0.276. The molecule has 0 fully saturated rings. The number of benzene rings is 2. The predicted molar refractivity (Wildman–Crippen MR) is 132 cm³/mol. The number of thiocarbonyl (C=S) groups is 2. The van der Waals surface area contributed by atoms with Crippen LogP contribution in [0.2, 0.25) is 0 Å². The Morgan fingerprint density at radius 3 is 1.57 bits per heavy atom. The van der Waals surface area contributed by atoms with Gasteiger partial charge in [-0.25, -0.2) is 0 Å². The molecular weight excluding hydrogens is 425 g/mol. The van der Waals surface area contributed by atoms with Crippen LogP contribution in [-0.2, 0) is 13.1 Å². The molecule has 28 heavy (non-hydrogen) atoms. The van der Waals surface area contributed by atoms with Crippen LogP contribution in [0.5, 0.6) is 5.75 Å². The number of rotatable bonds is 6. The fourth-order valence-electron chi connectivity index (χ4n) is 2.52. The van der Waals surface area contributed by atoms with Gasteiger partial charge in [-0.05, 0) is 65.6 Å². The van der Waals surface area contributed by atoms with E-state index in [1.165, 1.54) is 21.9 Å². The van der Waals surface area contributed by atoms with Gasteiger partial charge in [0.05, 0.1) is 0 Å². The van der Waals surface area contributed by atoms with E-state index in [1.54, 1.807) is 22.9 Å². The van der Waals surface area contributed by atoms with Crippen molar-refractivity contribution in [3.63, 3.8) is 0 Å². The van der Waals surface area contributed by atoms with Crippen molar-refractivity contribution in [3.8, 4) is 5.75 Å². The van der Waals surface area contributed by atoms with Gasteiger partial charge < -0.3 is 14.9 Å². The summed E-state index contributed by atoms with van der Waals surface area (Å²) >= 11 is 11.3. The highest BCUT2D eigenvalue weighted by atomic mass is 33.1. The lowest BCUT2D eigenvalue weighted by Gasteiger charge is -2.25. The molecule has 2 aromatic rings. The second-order valence-electron chi connectivity index (χ2n) is 6.38. The Labute approximate surface area is 186 Å². The molecule has 0 saturated carbocycles. The van der Waals surface area contributed by atoms with Crippen LogP contribution in [-0.4, -0.2) is 36.6 Å². The summed E-state index contributed by atoms with van der Waals surface area (Å²) in [5, 5.41) is 9.43. The molecule has 1 N–H and O–H groups in total. The number of phenols is 1. The molecule has 0 spiro atoms. The molecule has 0 saturated heterocycles. The second kappa shape index (κ2) is 11.7. The summed E-state index contributed by atoms with van der Waals surface area (Å²) in [5.74, 6) is 0.276. The van der Waals surface area contributed by atoms with E-state index in [4.69, 9.17) is 24.4 Å². The highest BCUT2D eigenvalue weighted by molar-refractivity contribution is 8.89. The first-order chi connectivity index (χ1) is 13.4. The minimum Gasteiger partial charge on any atom is -0.508 e. The first kappa shape index (κ1) is 23.0. The average Bonchev–Trinajstić information content (AvgIpc) is 2.70. The molecule has 0 radical (unpaired) electrons. The van der Waals surface area contributed by atoms with Gasteiger partial charge in [0, 0.05) is 26.2 Å². The third-order valence-electron chi connectivity index (χ3n) is 4.27. The second-order valence-corrected chi connectivity index (χ2v) is 9.78. The summed E-state index contributed by atoms with van der Waals surface area (Å²) in [7, 11) is 3.09. The zero-order valence-corrected chi connectivity index (χ0v) is 19.7. The number of hydrogen-bond donors (Lipinski definition) is 1. The van der Waals surface area contributed by atoms with Gasteiger partial charge >= 0.3 is 0 Å². The lowest BCUT2D eigenvalue weighted by atomic mass is 10.1. The molecule has 3 nitrogen and oxygen atoms in total. The van der Waals surface area contributed by atoms with E-state index < -0.39 is 0 Å². The van der Waals surface area contributed by atoms with Gasteiger partial charge in [-0.15, -0.1) is 0 Å². The van der Waals surface area contributed by atoms with Gasteiger partial charge in [0.2, 0.25) is 0 Å². The molecule has 0 unspecified atom stereocenters. The summed E-state index contributed by atoms with van der Waals surface area (Å²) in [6.07, 6.45) is 0. The third kappa shape index (κ3) is 7.28. The minimum absolute atomic E-state index is 0.276. The van der Waals surface area contributed by atoms with E-state index in [2.05, 4.69) is 54.8 Å². The van der Waals surface area contributed by atoms with Crippen molar-refractivity contribution in [3.05, 3.63) is 65.2 Å². The van der Waals surface area contributed by atoms with Crippen molar-refractivity contribution in [1.82, 2.24) is 9.80 Å². The molecule has 0 aliphatic heterocycles. The van der Waals surface area contributed by atoms with E-state index in [-0.39, 0.29) is 5.75 Å². The largest absolute Gasteiger partial charge is 0.508 e. The van der Waals surface area contributed by atoms with Crippen molar-refractivity contribution in [2.45, 2.75) is 33.9 Å². The Bertz CT molecular complexity index is 710. The van der Waals surface area contributed by atoms with E-state index in [0.717, 1.165) is 40.4 Å². The molecule has 150 valence electrons. The van der Waals surface area contributed by atoms with Crippen molar-refractivity contribution < 1.29 is 5.11 Å². The lowest BCUT2D eigenvalue weighted by molar-refractivity contribution is 0.449. The molecule has 0 atom stereocenters. The van der Waals surface area contributed by atoms with Crippen molar-refractivity contribution in [1.29, 1.82) is 0 Å². The quantitative estimate of drug-likeness (QED) is 0.426. The standard InChI is InChI=1S/C21H26N2OS4/c1-4-22(14-17-8-6-16(3)7-9-17)20(25)27-28-21(26)23(5-2)15-18-10-12-19(24)13-11-18/h6-13,24H,4-5,14-15H2,1-3H3. The van der Waals surface area contributed by atoms with Crippen molar-refractivity contribution in [2.75, 3.05) is 13.1 Å². The van der Waals surface area contributed by atoms with Crippen LogP contribution in [0.25, 0.3) is 0 Å². The maximum absolute atomic E-state index is 9.43. The normalized spacial score (nSPS) is 10.5. The van der Waals surface area contributed by atoms with Crippen LogP contribution in [0.1, 0.15) is 30.5 Å². The molecule has 2 rings (SSSR count). The van der Waals surface area contributed by atoms with Crippen molar-refractivity contribution >= 4 is 54.7 Å². The first-order valence-electron chi connectivity index (χ1n) is 9.18. The molecule has 2 aromatic carbocycles. The number of aryl methyl sites for hydroxylation is 1. The Kier molecular flexibility index (Phi) is 9.58. The molecular formula is C21H26N2OS4. The van der Waals surface area contributed by atoms with Crippen LogP contribution in [0, 0.1) is 6.92 Å². The molecule has 0 amide bonds. The van der Waals surface area contributed by atoms with Crippen molar-refractivity contribution in [2.24, 2.45) is 0 Å². The lowest BCUT2D eigenvalue weighted by Crippen LogP contribution is -2.28. The van der Waals surface area contributed by atoms with E-state index >= 15 is 0 Å². The third-order valence-corrected chi connectivity index (χ3v) is 8.00. The van der Waals surface area contributed by atoms with E-state index in [0.29, 0.717) is 0 Å². The summed E-state index contributed by atoms with van der Waals surface area (Å²) in [6.45, 7) is 9.51. The first-order valence-corrected chi connectivity index (χ1v) is 12.1. The topological polar surface area (TPSA) is 26.7 Å². The monoisotopic (exact) mass is 450 g/mol. The van der Waals surface area contributed by atoms with Crippen LogP contribution in [0.4, 0.5) is 0 Å². The maximum Gasteiger partial charge on any atom is 0.147 e. The Morgan fingerprint density at radius 2 is 1.18 bits per heavy atom. The summed E-state index contributed by atoms with van der Waals surface area (Å²) < 4.78 is 1.66. The van der Waals surface area contributed by atoms with Gasteiger partial charge in [0.15, 0.2) is 0 Å². The predicted octanol–water partition coefficient (Wildman–Crippen LogP) is 6.00. The molecule has 0 aliphatic carbocycles. The smallest absolute Gasteiger partial charge is 0.147 e. The van der Waals surface area contributed by atoms with Crippen LogP contribution in [0.15, 0.2) is 48.5 Å². The maximum atomic E-state index is 9.43. The van der Waals surface area contributed by atoms with Crippen LogP contribution >= 0.6 is 46.0 Å². The molecule has 0 aromatic heterocycles. The van der Waals surface area contributed by atoms with Gasteiger partial charge in [0.25, 0.3) is 0 Å². The Hall–Kier alpha value is -1.28. The number of hydrogen-bond acceptors (Lipinski definition) is 5. The fourth-order valence-corrected chi connectivity index (χ4v) is 5.32. The zero-order valence-electron chi connectivity index (χ0n) is 16.4. The number of aromatic hydroxyl groups is 1. The van der Waals surface area contributed by atoms with Gasteiger partial charge in [-0.2, -0.15) is 0 Å². The van der Waals surface area contributed by atoms with E-state index in [1.807, 2.05) is 12.1 Å². The van der Waals surface area contributed by atoms with Gasteiger partial charge in [0.1, 0.15) is 14.4 Å². The van der Waals surface area contributed by atoms with Crippen LogP contribution < -0.4 is 0 Å². The average molecular weight is 451 g/mol. The number of phenolic OH excluding ortho intramolecular Hbond substituents is 1. The summed E-state index contributed by atoms with van der Waals surface area (Å²) in [6, 6.07) is 15.8. The zero-order chi connectivity index (χ0) is 20.5. The summed E-state index contributed by atoms with van der Waals surface area (Å²) in [4.78, 5) is 4.33. The molecule has 0 heterocycles. The van der Waals surface area contributed by atoms with Crippen LogP contribution in [0.3, 0.4) is 0 Å². The number of nitrogens with zero attached hydrogens (tertiary/aromatic N) is 2. The SMILES string of the molecule is CCN(Cc1ccc(C)cc1)C(=S)SSC(=S)N(CC)Cc1ccc(O)cc1. The Morgan fingerprint density at radius 1 is 0.786 bits per heavy atom. The molecule has 0 bridgehead atoms. The molecule has 7 heteroatoms. The van der Waals surface area contributed by atoms with Gasteiger partial charge in [-0.1, -0.05) is 66.4 Å². The summed E-state index contributed by atoms with van der Waals surface area (Å²) in [5.41, 5.74) is 3.63. The molecule has 0 aliphatic rings. The van der Waals surface area contributed by atoms with Gasteiger partial charge in [-0.3, -0.25) is 0 Å².